The first kappa shape index (κ1) is 21.2. The summed E-state index contributed by atoms with van der Waals surface area (Å²) in [5.74, 6) is -0.249. The lowest BCUT2D eigenvalue weighted by Crippen LogP contribution is -2.17. The zero-order valence-electron chi connectivity index (χ0n) is 17.3. The lowest BCUT2D eigenvalue weighted by Gasteiger charge is -2.08. The highest BCUT2D eigenvalue weighted by Crippen LogP contribution is 2.27. The fraction of sp³-hybridized carbons (Fsp3) is 0.130. The van der Waals surface area contributed by atoms with Gasteiger partial charge in [0.05, 0.1) is 11.1 Å². The van der Waals surface area contributed by atoms with E-state index >= 15 is 0 Å². The minimum atomic E-state index is -3.77. The predicted molar refractivity (Wildman–Crippen MR) is 119 cm³/mol. The number of fused-ring (bicyclic) bond motifs is 1. The van der Waals surface area contributed by atoms with Crippen molar-refractivity contribution in [2.45, 2.75) is 18.4 Å². The van der Waals surface area contributed by atoms with Crippen molar-refractivity contribution in [3.05, 3.63) is 71.4 Å². The Labute approximate surface area is 184 Å². The number of nitriles is 1. The number of hydrogen-bond donors (Lipinski definition) is 1. The molecule has 0 radical (unpaired) electrons. The minimum absolute atomic E-state index is 0.0759. The van der Waals surface area contributed by atoms with Gasteiger partial charge in [-0.05, 0) is 42.3 Å². The molecule has 0 aliphatic heterocycles. The van der Waals surface area contributed by atoms with Crippen molar-refractivity contribution in [1.82, 2.24) is 9.97 Å². The van der Waals surface area contributed by atoms with E-state index in [9.17, 15) is 13.2 Å². The molecule has 0 bridgehead atoms. The van der Waals surface area contributed by atoms with Crippen LogP contribution in [0.1, 0.15) is 28.4 Å². The average molecular weight is 446 g/mol. The van der Waals surface area contributed by atoms with Gasteiger partial charge < -0.3 is 9.73 Å². The van der Waals surface area contributed by atoms with Crippen molar-refractivity contribution in [1.29, 1.82) is 5.26 Å². The molecule has 32 heavy (non-hydrogen) atoms. The van der Waals surface area contributed by atoms with Gasteiger partial charge in [-0.15, -0.1) is 0 Å². The number of anilines is 1. The number of benzene rings is 2. The van der Waals surface area contributed by atoms with Crippen LogP contribution in [0, 0.1) is 11.3 Å². The van der Waals surface area contributed by atoms with Crippen LogP contribution in [0.4, 0.5) is 5.69 Å². The molecule has 0 aliphatic rings. The van der Waals surface area contributed by atoms with Gasteiger partial charge in [0.1, 0.15) is 11.6 Å². The van der Waals surface area contributed by atoms with E-state index in [2.05, 4.69) is 22.2 Å². The van der Waals surface area contributed by atoms with Crippen LogP contribution in [0.3, 0.4) is 0 Å². The topological polar surface area (TPSA) is 126 Å². The third-order valence-electron chi connectivity index (χ3n) is 4.83. The Morgan fingerprint density at radius 1 is 1.16 bits per heavy atom. The van der Waals surface area contributed by atoms with Crippen LogP contribution in [0.5, 0.6) is 0 Å². The second-order valence-corrected chi connectivity index (χ2v) is 9.10. The molecule has 0 fully saturated rings. The number of nitrogens with zero attached hydrogens (tertiary/aromatic N) is 3. The van der Waals surface area contributed by atoms with Crippen molar-refractivity contribution < 1.29 is 17.6 Å². The number of pyridine rings is 1. The number of oxazole rings is 1. The third-order valence-corrected chi connectivity index (χ3v) is 5.86. The summed E-state index contributed by atoms with van der Waals surface area (Å²) in [5.41, 5.74) is 3.37. The second kappa shape index (κ2) is 8.24. The SMILES string of the molecule is CCc1ccc(-c2nc3ccc(NC(=O)c4cc(C#N)cnc4S(C)(=O)=O)cc3o2)cc1. The molecule has 4 rings (SSSR count). The van der Waals surface area contributed by atoms with Gasteiger partial charge in [0.15, 0.2) is 20.4 Å². The molecule has 0 aliphatic carbocycles. The molecular formula is C23H18N4O4S. The Balaban J connectivity index is 1.65. The van der Waals surface area contributed by atoms with Gasteiger partial charge in [0.25, 0.3) is 5.91 Å². The lowest BCUT2D eigenvalue weighted by atomic mass is 10.1. The lowest BCUT2D eigenvalue weighted by molar-refractivity contribution is 0.102. The van der Waals surface area contributed by atoms with Gasteiger partial charge in [-0.3, -0.25) is 4.79 Å². The van der Waals surface area contributed by atoms with E-state index < -0.39 is 20.8 Å². The van der Waals surface area contributed by atoms with Crippen molar-refractivity contribution in [2.24, 2.45) is 0 Å². The summed E-state index contributed by atoms with van der Waals surface area (Å²) in [4.78, 5) is 21.1. The first-order valence-corrected chi connectivity index (χ1v) is 11.6. The highest BCUT2D eigenvalue weighted by molar-refractivity contribution is 7.90. The Bertz CT molecular complexity index is 1480. The number of rotatable bonds is 5. The highest BCUT2D eigenvalue weighted by Gasteiger charge is 2.22. The maximum Gasteiger partial charge on any atom is 0.258 e. The Kier molecular flexibility index (Phi) is 5.47. The molecule has 4 aromatic rings. The van der Waals surface area contributed by atoms with Crippen LogP contribution in [-0.2, 0) is 16.3 Å². The quantitative estimate of drug-likeness (QED) is 0.491. The fourth-order valence-corrected chi connectivity index (χ4v) is 3.97. The summed E-state index contributed by atoms with van der Waals surface area (Å²) < 4.78 is 29.9. The number of amides is 1. The zero-order valence-corrected chi connectivity index (χ0v) is 18.1. The summed E-state index contributed by atoms with van der Waals surface area (Å²) in [6.07, 6.45) is 3.00. The molecule has 0 spiro atoms. The van der Waals surface area contributed by atoms with Crippen LogP contribution < -0.4 is 5.32 Å². The molecule has 0 unspecified atom stereocenters. The van der Waals surface area contributed by atoms with Crippen molar-refractivity contribution >= 4 is 32.5 Å². The predicted octanol–water partition coefficient (Wildman–Crippen LogP) is 3.98. The number of carbonyl (C=O) groups is 1. The molecule has 160 valence electrons. The number of hydrogen-bond acceptors (Lipinski definition) is 7. The van der Waals surface area contributed by atoms with Crippen LogP contribution in [0.2, 0.25) is 0 Å². The van der Waals surface area contributed by atoms with E-state index in [1.165, 1.54) is 11.6 Å². The second-order valence-electron chi connectivity index (χ2n) is 7.17. The van der Waals surface area contributed by atoms with Crippen LogP contribution in [-0.4, -0.2) is 30.5 Å². The molecule has 2 aromatic heterocycles. The molecule has 1 amide bonds. The number of aromatic nitrogens is 2. The van der Waals surface area contributed by atoms with E-state index in [1.807, 2.05) is 30.3 Å². The normalized spacial score (nSPS) is 11.3. The molecule has 9 heteroatoms. The van der Waals surface area contributed by atoms with Gasteiger partial charge in [-0.1, -0.05) is 19.1 Å². The molecular weight excluding hydrogens is 428 g/mol. The zero-order chi connectivity index (χ0) is 22.9. The van der Waals surface area contributed by atoms with Crippen molar-refractivity contribution in [2.75, 3.05) is 11.6 Å². The standard InChI is InChI=1S/C23H18N4O4S/c1-3-14-4-6-16(7-5-14)22-27-19-9-8-17(11-20(19)31-22)26-21(28)18-10-15(12-24)13-25-23(18)32(2,29)30/h4-11,13H,3H2,1-2H3,(H,26,28). The monoisotopic (exact) mass is 446 g/mol. The molecule has 8 nitrogen and oxygen atoms in total. The fourth-order valence-electron chi connectivity index (χ4n) is 3.18. The summed E-state index contributed by atoms with van der Waals surface area (Å²) in [5, 5.41) is 11.3. The van der Waals surface area contributed by atoms with E-state index in [1.54, 1.807) is 18.2 Å². The third kappa shape index (κ3) is 4.22. The van der Waals surface area contributed by atoms with Gasteiger partial charge >= 0.3 is 0 Å². The van der Waals surface area contributed by atoms with E-state index in [0.29, 0.717) is 22.7 Å². The summed E-state index contributed by atoms with van der Waals surface area (Å²) in [7, 11) is -3.77. The Morgan fingerprint density at radius 2 is 1.91 bits per heavy atom. The Hall–Kier alpha value is -4.03. The molecule has 0 atom stereocenters. The van der Waals surface area contributed by atoms with Crippen molar-refractivity contribution in [3.63, 3.8) is 0 Å². The van der Waals surface area contributed by atoms with Gasteiger partial charge in [0.2, 0.25) is 5.89 Å². The minimum Gasteiger partial charge on any atom is -0.436 e. The Morgan fingerprint density at radius 3 is 2.56 bits per heavy atom. The molecule has 2 aromatic carbocycles. The number of sulfone groups is 1. The van der Waals surface area contributed by atoms with E-state index in [-0.39, 0.29) is 11.1 Å². The van der Waals surface area contributed by atoms with Crippen LogP contribution in [0.25, 0.3) is 22.6 Å². The van der Waals surface area contributed by atoms with Gasteiger partial charge in [0, 0.05) is 29.8 Å². The molecule has 0 saturated carbocycles. The first-order valence-electron chi connectivity index (χ1n) is 9.70. The van der Waals surface area contributed by atoms with Crippen LogP contribution >= 0.6 is 0 Å². The van der Waals surface area contributed by atoms with E-state index in [0.717, 1.165) is 24.4 Å². The maximum atomic E-state index is 12.8. The van der Waals surface area contributed by atoms with E-state index in [4.69, 9.17) is 9.68 Å². The molecule has 2 heterocycles. The smallest absolute Gasteiger partial charge is 0.258 e. The number of nitrogens with one attached hydrogen (secondary N) is 1. The van der Waals surface area contributed by atoms with Gasteiger partial charge in [-0.2, -0.15) is 5.26 Å². The van der Waals surface area contributed by atoms with Gasteiger partial charge in [-0.25, -0.2) is 18.4 Å². The summed E-state index contributed by atoms with van der Waals surface area (Å²) >= 11 is 0. The number of aryl methyl sites for hydroxylation is 1. The summed E-state index contributed by atoms with van der Waals surface area (Å²) in [6, 6.07) is 15.9. The molecule has 1 N–H and O–H groups in total. The highest BCUT2D eigenvalue weighted by atomic mass is 32.2. The summed E-state index contributed by atoms with van der Waals surface area (Å²) in [6.45, 7) is 2.08. The van der Waals surface area contributed by atoms with Crippen molar-refractivity contribution in [3.8, 4) is 17.5 Å². The first-order chi connectivity index (χ1) is 15.3. The number of carbonyl (C=O) groups excluding carboxylic acids is 1. The average Bonchev–Trinajstić information content (AvgIpc) is 3.21. The maximum absolute atomic E-state index is 12.8. The van der Waals surface area contributed by atoms with Crippen LogP contribution in [0.15, 0.2) is 64.2 Å². The largest absolute Gasteiger partial charge is 0.436 e. The molecule has 0 saturated heterocycles.